The van der Waals surface area contributed by atoms with Crippen molar-refractivity contribution in [3.05, 3.63) is 29.8 Å². The molecular weight excluding hydrogens is 303 g/mol. The minimum atomic E-state index is -4.80. The lowest BCUT2D eigenvalue weighted by molar-refractivity contribution is -0.274. The maximum atomic E-state index is 12.4. The molecule has 1 amide bonds. The van der Waals surface area contributed by atoms with Gasteiger partial charge in [-0.3, -0.25) is 9.59 Å². The molecule has 0 bridgehead atoms. The van der Waals surface area contributed by atoms with Gasteiger partial charge in [0.25, 0.3) is 0 Å². The highest BCUT2D eigenvalue weighted by Crippen LogP contribution is 2.51. The van der Waals surface area contributed by atoms with Crippen LogP contribution < -0.4 is 10.1 Å². The predicted molar refractivity (Wildman–Crippen MR) is 69.2 cm³/mol. The Morgan fingerprint density at radius 2 is 2.00 bits per heavy atom. The summed E-state index contributed by atoms with van der Waals surface area (Å²) < 4.78 is 41.0. The van der Waals surface area contributed by atoms with Gasteiger partial charge < -0.3 is 15.2 Å². The summed E-state index contributed by atoms with van der Waals surface area (Å²) in [4.78, 5) is 22.5. The third-order valence-corrected chi connectivity index (χ3v) is 3.40. The molecule has 0 heterocycles. The normalized spacial score (nSPS) is 21.8. The van der Waals surface area contributed by atoms with E-state index in [1.54, 1.807) is 6.07 Å². The molecular formula is C14H14F3NO4. The largest absolute Gasteiger partial charge is 0.573 e. The van der Waals surface area contributed by atoms with E-state index < -0.39 is 36.1 Å². The van der Waals surface area contributed by atoms with E-state index >= 15 is 0 Å². The van der Waals surface area contributed by atoms with Gasteiger partial charge in [-0.15, -0.1) is 13.2 Å². The minimum Gasteiger partial charge on any atom is -0.480 e. The molecule has 120 valence electrons. The third-order valence-electron chi connectivity index (χ3n) is 3.40. The van der Waals surface area contributed by atoms with Gasteiger partial charge in [0, 0.05) is 5.92 Å². The predicted octanol–water partition coefficient (Wildman–Crippen LogP) is 2.28. The van der Waals surface area contributed by atoms with Crippen molar-refractivity contribution in [1.29, 1.82) is 0 Å². The summed E-state index contributed by atoms with van der Waals surface area (Å²) in [6.45, 7) is 1.32. The van der Waals surface area contributed by atoms with E-state index in [9.17, 15) is 22.8 Å². The summed E-state index contributed by atoms with van der Waals surface area (Å²) in [7, 11) is 0. The summed E-state index contributed by atoms with van der Waals surface area (Å²) in [5, 5.41) is 11.0. The lowest BCUT2D eigenvalue weighted by atomic mass is 10.1. The van der Waals surface area contributed by atoms with Crippen molar-refractivity contribution < 1.29 is 32.6 Å². The van der Waals surface area contributed by atoms with Crippen LogP contribution in [-0.4, -0.2) is 29.4 Å². The van der Waals surface area contributed by atoms with Crippen molar-refractivity contribution in [2.24, 2.45) is 5.92 Å². The third kappa shape index (κ3) is 3.90. The molecule has 0 aliphatic heterocycles. The molecule has 0 aromatic heterocycles. The van der Waals surface area contributed by atoms with Crippen molar-refractivity contribution in [3.63, 3.8) is 0 Å². The Morgan fingerprint density at radius 1 is 1.36 bits per heavy atom. The maximum absolute atomic E-state index is 12.4. The Bertz CT molecular complexity index is 588. The van der Waals surface area contributed by atoms with Gasteiger partial charge >= 0.3 is 12.3 Å². The van der Waals surface area contributed by atoms with Crippen molar-refractivity contribution in [3.8, 4) is 5.75 Å². The van der Waals surface area contributed by atoms with Crippen LogP contribution in [0, 0.1) is 5.92 Å². The second kappa shape index (κ2) is 5.86. The van der Waals surface area contributed by atoms with Gasteiger partial charge in [-0.2, -0.15) is 0 Å². The summed E-state index contributed by atoms with van der Waals surface area (Å²) in [5.41, 5.74) is 0.294. The number of nitrogens with one attached hydrogen (secondary N) is 1. The van der Waals surface area contributed by atoms with Gasteiger partial charge in [-0.05, 0) is 30.9 Å². The number of carbonyl (C=O) groups excluding carboxylic acids is 1. The first kappa shape index (κ1) is 16.1. The molecule has 5 nitrogen and oxygen atoms in total. The maximum Gasteiger partial charge on any atom is 0.573 e. The average molecular weight is 317 g/mol. The smallest absolute Gasteiger partial charge is 0.480 e. The number of aliphatic carboxylic acids is 1. The van der Waals surface area contributed by atoms with E-state index in [0.717, 1.165) is 0 Å². The number of rotatable bonds is 5. The highest BCUT2D eigenvalue weighted by atomic mass is 19.4. The number of para-hydroxylation sites is 1. The molecule has 1 saturated carbocycles. The van der Waals surface area contributed by atoms with E-state index in [1.165, 1.54) is 25.1 Å². The molecule has 22 heavy (non-hydrogen) atoms. The van der Waals surface area contributed by atoms with Crippen LogP contribution in [0.5, 0.6) is 5.75 Å². The summed E-state index contributed by atoms with van der Waals surface area (Å²) in [5.74, 6) is -2.94. The van der Waals surface area contributed by atoms with Crippen LogP contribution in [0.4, 0.5) is 13.2 Å². The molecule has 3 atom stereocenters. The minimum absolute atomic E-state index is 0.294. The molecule has 0 radical (unpaired) electrons. The fraction of sp³-hybridized carbons (Fsp3) is 0.429. The molecule has 0 spiro atoms. The number of halogens is 3. The lowest BCUT2D eigenvalue weighted by Gasteiger charge is -2.13. The van der Waals surface area contributed by atoms with E-state index in [2.05, 4.69) is 10.1 Å². The highest BCUT2D eigenvalue weighted by Gasteiger charge is 2.46. The second-order valence-electron chi connectivity index (χ2n) is 5.10. The van der Waals surface area contributed by atoms with E-state index in [-0.39, 0.29) is 5.75 Å². The van der Waals surface area contributed by atoms with Crippen LogP contribution in [0.3, 0.4) is 0 Å². The molecule has 2 N–H and O–H groups in total. The lowest BCUT2D eigenvalue weighted by Crippen LogP contribution is -2.39. The average Bonchev–Trinajstić information content (AvgIpc) is 3.17. The molecule has 1 aliphatic rings. The number of alkyl halides is 3. The summed E-state index contributed by atoms with van der Waals surface area (Å²) in [6, 6.07) is 4.59. The summed E-state index contributed by atoms with van der Waals surface area (Å²) >= 11 is 0. The molecule has 0 saturated heterocycles. The van der Waals surface area contributed by atoms with Crippen LogP contribution in [0.2, 0.25) is 0 Å². The number of carboxylic acids is 1. The standard InChI is InChI=1S/C14H14F3NO4/c1-7(13(20)21)18-12(19)10-6-9(10)8-4-2-3-5-11(8)22-14(15,16)17/h2-5,7,9-10H,6H2,1H3,(H,18,19)(H,20,21)/t7-,9?,10?/m1/s1. The molecule has 2 rings (SSSR count). The number of hydrogen-bond acceptors (Lipinski definition) is 3. The highest BCUT2D eigenvalue weighted by molar-refractivity contribution is 5.87. The number of amides is 1. The first-order valence-electron chi connectivity index (χ1n) is 6.57. The van der Waals surface area contributed by atoms with Crippen molar-refractivity contribution >= 4 is 11.9 Å². The zero-order chi connectivity index (χ0) is 16.5. The van der Waals surface area contributed by atoms with Gasteiger partial charge in [0.1, 0.15) is 11.8 Å². The first-order valence-corrected chi connectivity index (χ1v) is 6.57. The first-order chi connectivity index (χ1) is 10.2. The van der Waals surface area contributed by atoms with E-state index in [0.29, 0.717) is 12.0 Å². The Balaban J connectivity index is 2.06. The van der Waals surface area contributed by atoms with Gasteiger partial charge in [0.15, 0.2) is 0 Å². The fourth-order valence-electron chi connectivity index (χ4n) is 2.22. The van der Waals surface area contributed by atoms with Crippen LogP contribution in [-0.2, 0) is 9.59 Å². The topological polar surface area (TPSA) is 75.6 Å². The Morgan fingerprint density at radius 3 is 2.59 bits per heavy atom. The van der Waals surface area contributed by atoms with Gasteiger partial charge in [-0.1, -0.05) is 18.2 Å². The van der Waals surface area contributed by atoms with Crippen LogP contribution in [0.25, 0.3) is 0 Å². The molecule has 8 heteroatoms. The van der Waals surface area contributed by atoms with Crippen molar-refractivity contribution in [1.82, 2.24) is 5.32 Å². The molecule has 1 aromatic carbocycles. The zero-order valence-corrected chi connectivity index (χ0v) is 11.6. The SMILES string of the molecule is C[C@@H](NC(=O)C1CC1c1ccccc1OC(F)(F)F)C(=O)O. The second-order valence-corrected chi connectivity index (χ2v) is 5.10. The van der Waals surface area contributed by atoms with Gasteiger partial charge in [-0.25, -0.2) is 0 Å². The van der Waals surface area contributed by atoms with Gasteiger partial charge in [0.05, 0.1) is 0 Å². The van der Waals surface area contributed by atoms with Crippen LogP contribution in [0.1, 0.15) is 24.8 Å². The van der Waals surface area contributed by atoms with E-state index in [1.807, 2.05) is 0 Å². The number of carbonyl (C=O) groups is 2. The number of carboxylic acid groups (broad SMARTS) is 1. The quantitative estimate of drug-likeness (QED) is 0.873. The summed E-state index contributed by atoms with van der Waals surface area (Å²) in [6.07, 6.45) is -4.45. The monoisotopic (exact) mass is 317 g/mol. The van der Waals surface area contributed by atoms with Crippen LogP contribution in [0.15, 0.2) is 24.3 Å². The number of benzene rings is 1. The van der Waals surface area contributed by atoms with Gasteiger partial charge in [0.2, 0.25) is 5.91 Å². The number of hydrogen-bond donors (Lipinski definition) is 2. The zero-order valence-electron chi connectivity index (χ0n) is 11.6. The Hall–Kier alpha value is -2.25. The molecule has 1 aromatic rings. The molecule has 1 fully saturated rings. The molecule has 2 unspecified atom stereocenters. The Labute approximate surface area is 124 Å². The number of ether oxygens (including phenoxy) is 1. The molecule has 1 aliphatic carbocycles. The van der Waals surface area contributed by atoms with Crippen molar-refractivity contribution in [2.45, 2.75) is 31.7 Å². The van der Waals surface area contributed by atoms with E-state index in [4.69, 9.17) is 5.11 Å². The fourth-order valence-corrected chi connectivity index (χ4v) is 2.22. The Kier molecular flexibility index (Phi) is 4.30. The van der Waals surface area contributed by atoms with Crippen LogP contribution >= 0.6 is 0 Å². The van der Waals surface area contributed by atoms with Crippen molar-refractivity contribution in [2.75, 3.05) is 0 Å².